The van der Waals surface area contributed by atoms with Crippen LogP contribution in [-0.4, -0.2) is 26.4 Å². The van der Waals surface area contributed by atoms with E-state index in [4.69, 9.17) is 9.57 Å². The molecular formula is C10H21NO2. The molecule has 1 aliphatic rings. The summed E-state index contributed by atoms with van der Waals surface area (Å²) in [7, 11) is 1.69. The van der Waals surface area contributed by atoms with Gasteiger partial charge < -0.3 is 4.74 Å². The molecule has 2 unspecified atom stereocenters. The Morgan fingerprint density at radius 3 is 2.85 bits per heavy atom. The largest absolute Gasteiger partial charge is 0.382 e. The van der Waals surface area contributed by atoms with Crippen molar-refractivity contribution in [3.8, 4) is 0 Å². The number of hydrogen-bond acceptors (Lipinski definition) is 3. The molecule has 0 heterocycles. The first kappa shape index (κ1) is 11.0. The topological polar surface area (TPSA) is 30.5 Å². The molecule has 1 N–H and O–H groups in total. The molecule has 0 radical (unpaired) electrons. The van der Waals surface area contributed by atoms with Gasteiger partial charge in [0.15, 0.2) is 0 Å². The van der Waals surface area contributed by atoms with Crippen molar-refractivity contribution >= 4 is 0 Å². The van der Waals surface area contributed by atoms with Crippen LogP contribution in [0.1, 0.15) is 32.6 Å². The highest BCUT2D eigenvalue weighted by Crippen LogP contribution is 2.23. The number of nitrogens with one attached hydrogen (secondary N) is 1. The average Bonchev–Trinajstić information content (AvgIpc) is 2.13. The molecule has 0 spiro atoms. The van der Waals surface area contributed by atoms with Crippen molar-refractivity contribution in [2.75, 3.05) is 20.3 Å². The third-order valence-electron chi connectivity index (χ3n) is 2.58. The van der Waals surface area contributed by atoms with Gasteiger partial charge >= 0.3 is 0 Å². The number of methoxy groups -OCH3 is 1. The van der Waals surface area contributed by atoms with Gasteiger partial charge in [0.1, 0.15) is 0 Å². The van der Waals surface area contributed by atoms with E-state index in [0.717, 1.165) is 5.92 Å². The van der Waals surface area contributed by atoms with Crippen LogP contribution < -0.4 is 5.48 Å². The number of hydroxylamine groups is 1. The lowest BCUT2D eigenvalue weighted by Gasteiger charge is -2.26. The molecule has 78 valence electrons. The Morgan fingerprint density at radius 2 is 2.15 bits per heavy atom. The molecule has 1 fully saturated rings. The van der Waals surface area contributed by atoms with E-state index < -0.39 is 0 Å². The van der Waals surface area contributed by atoms with Gasteiger partial charge in [-0.1, -0.05) is 19.8 Å². The van der Waals surface area contributed by atoms with Gasteiger partial charge in [-0.15, -0.1) is 0 Å². The van der Waals surface area contributed by atoms with E-state index >= 15 is 0 Å². The Bertz CT molecular complexity index is 130. The fourth-order valence-corrected chi connectivity index (χ4v) is 1.84. The fraction of sp³-hybridized carbons (Fsp3) is 1.00. The highest BCUT2D eigenvalue weighted by atomic mass is 16.7. The molecule has 0 aromatic rings. The van der Waals surface area contributed by atoms with Crippen LogP contribution in [0.3, 0.4) is 0 Å². The third kappa shape index (κ3) is 4.60. The van der Waals surface area contributed by atoms with Crippen LogP contribution in [0.15, 0.2) is 0 Å². The van der Waals surface area contributed by atoms with Gasteiger partial charge in [0.05, 0.1) is 13.2 Å². The smallest absolute Gasteiger partial charge is 0.0915 e. The number of ether oxygens (including phenoxy) is 1. The van der Waals surface area contributed by atoms with Gasteiger partial charge in [-0.25, -0.2) is 0 Å². The summed E-state index contributed by atoms with van der Waals surface area (Å²) in [4.78, 5) is 5.29. The van der Waals surface area contributed by atoms with Crippen LogP contribution in [0.25, 0.3) is 0 Å². The van der Waals surface area contributed by atoms with E-state index in [9.17, 15) is 0 Å². The van der Waals surface area contributed by atoms with Gasteiger partial charge in [-0.05, 0) is 18.8 Å². The maximum Gasteiger partial charge on any atom is 0.0915 e. The average molecular weight is 187 g/mol. The predicted octanol–water partition coefficient (Wildman–Crippen LogP) is 1.73. The first-order chi connectivity index (χ1) is 6.33. The Balaban J connectivity index is 2.00. The lowest BCUT2D eigenvalue weighted by atomic mass is 9.87. The van der Waals surface area contributed by atoms with Crippen molar-refractivity contribution in [1.29, 1.82) is 0 Å². The van der Waals surface area contributed by atoms with Gasteiger partial charge in [0.2, 0.25) is 0 Å². The monoisotopic (exact) mass is 187 g/mol. The summed E-state index contributed by atoms with van der Waals surface area (Å²) in [5.41, 5.74) is 3.11. The molecule has 0 bridgehead atoms. The zero-order chi connectivity index (χ0) is 9.52. The van der Waals surface area contributed by atoms with Crippen LogP contribution in [0.4, 0.5) is 0 Å². The summed E-state index contributed by atoms with van der Waals surface area (Å²) in [6.45, 7) is 3.61. The Morgan fingerprint density at radius 1 is 1.31 bits per heavy atom. The predicted molar refractivity (Wildman–Crippen MR) is 52.4 cm³/mol. The molecule has 1 rings (SSSR count). The molecular weight excluding hydrogens is 166 g/mol. The summed E-state index contributed by atoms with van der Waals surface area (Å²) >= 11 is 0. The molecule has 3 nitrogen and oxygen atoms in total. The zero-order valence-corrected chi connectivity index (χ0v) is 8.71. The van der Waals surface area contributed by atoms with Gasteiger partial charge in [0, 0.05) is 13.2 Å². The summed E-state index contributed by atoms with van der Waals surface area (Å²) in [6, 6.07) is 0.556. The number of rotatable bonds is 5. The minimum Gasteiger partial charge on any atom is -0.382 e. The van der Waals surface area contributed by atoms with E-state index in [0.29, 0.717) is 19.3 Å². The van der Waals surface area contributed by atoms with Crippen LogP contribution in [0.5, 0.6) is 0 Å². The quantitative estimate of drug-likeness (QED) is 0.525. The Hall–Kier alpha value is -0.120. The van der Waals surface area contributed by atoms with Crippen LogP contribution >= 0.6 is 0 Å². The first-order valence-electron chi connectivity index (χ1n) is 5.19. The summed E-state index contributed by atoms with van der Waals surface area (Å²) in [6.07, 6.45) is 5.19. The second-order valence-corrected chi connectivity index (χ2v) is 3.93. The van der Waals surface area contributed by atoms with E-state index in [2.05, 4.69) is 12.4 Å². The van der Waals surface area contributed by atoms with Crippen molar-refractivity contribution in [3.63, 3.8) is 0 Å². The van der Waals surface area contributed by atoms with Crippen molar-refractivity contribution in [2.45, 2.75) is 38.6 Å². The van der Waals surface area contributed by atoms with Crippen LogP contribution in [0.2, 0.25) is 0 Å². The summed E-state index contributed by atoms with van der Waals surface area (Å²) in [5, 5.41) is 0. The standard InChI is InChI=1S/C10H21NO2/c1-9-4-3-5-10(8-9)11-13-7-6-12-2/h9-11H,3-8H2,1-2H3. The van der Waals surface area contributed by atoms with Crippen molar-refractivity contribution in [1.82, 2.24) is 5.48 Å². The first-order valence-corrected chi connectivity index (χ1v) is 5.19. The fourth-order valence-electron chi connectivity index (χ4n) is 1.84. The van der Waals surface area contributed by atoms with E-state index in [1.807, 2.05) is 0 Å². The normalized spacial score (nSPS) is 29.1. The van der Waals surface area contributed by atoms with Gasteiger partial charge in [-0.2, -0.15) is 5.48 Å². The van der Waals surface area contributed by atoms with Gasteiger partial charge in [-0.3, -0.25) is 4.84 Å². The molecule has 0 amide bonds. The molecule has 0 aromatic heterocycles. The molecule has 3 heteroatoms. The van der Waals surface area contributed by atoms with Crippen LogP contribution in [0, 0.1) is 5.92 Å². The van der Waals surface area contributed by atoms with Crippen molar-refractivity contribution in [2.24, 2.45) is 5.92 Å². The maximum atomic E-state index is 5.29. The zero-order valence-electron chi connectivity index (χ0n) is 8.71. The molecule has 2 atom stereocenters. The molecule has 1 saturated carbocycles. The minimum absolute atomic E-state index is 0.556. The summed E-state index contributed by atoms with van der Waals surface area (Å²) < 4.78 is 4.89. The highest BCUT2D eigenvalue weighted by molar-refractivity contribution is 4.72. The van der Waals surface area contributed by atoms with Crippen molar-refractivity contribution < 1.29 is 9.57 Å². The van der Waals surface area contributed by atoms with E-state index in [-0.39, 0.29) is 0 Å². The molecule has 0 saturated heterocycles. The molecule has 0 aromatic carbocycles. The van der Waals surface area contributed by atoms with Crippen LogP contribution in [-0.2, 0) is 9.57 Å². The van der Waals surface area contributed by atoms with Gasteiger partial charge in [0.25, 0.3) is 0 Å². The lowest BCUT2D eigenvalue weighted by Crippen LogP contribution is -2.34. The third-order valence-corrected chi connectivity index (χ3v) is 2.58. The lowest BCUT2D eigenvalue weighted by molar-refractivity contribution is -0.0216. The van der Waals surface area contributed by atoms with E-state index in [1.54, 1.807) is 7.11 Å². The second-order valence-electron chi connectivity index (χ2n) is 3.93. The second kappa shape index (κ2) is 6.35. The Labute approximate surface area is 80.7 Å². The summed E-state index contributed by atoms with van der Waals surface area (Å²) in [5.74, 6) is 0.845. The molecule has 0 aliphatic heterocycles. The highest BCUT2D eigenvalue weighted by Gasteiger charge is 2.18. The van der Waals surface area contributed by atoms with E-state index in [1.165, 1.54) is 25.7 Å². The van der Waals surface area contributed by atoms with Crippen molar-refractivity contribution in [3.05, 3.63) is 0 Å². The molecule has 13 heavy (non-hydrogen) atoms. The SMILES string of the molecule is COCCONC1CCCC(C)C1. The maximum absolute atomic E-state index is 5.29. The Kier molecular flexibility index (Phi) is 5.35. The molecule has 1 aliphatic carbocycles. The number of hydrogen-bond donors (Lipinski definition) is 1. The minimum atomic E-state index is 0.556.